The van der Waals surface area contributed by atoms with Crippen molar-refractivity contribution in [3.8, 4) is 11.5 Å². The van der Waals surface area contributed by atoms with Gasteiger partial charge in [0.1, 0.15) is 17.6 Å². The fourth-order valence-electron chi connectivity index (χ4n) is 1.91. The molecule has 2 aromatic rings. The second-order valence-corrected chi connectivity index (χ2v) is 4.59. The van der Waals surface area contributed by atoms with Gasteiger partial charge >= 0.3 is 5.97 Å². The molecule has 0 saturated carbocycles. The number of carbonyl (C=O) groups excluding carboxylic acids is 1. The fourth-order valence-corrected chi connectivity index (χ4v) is 1.91. The lowest BCUT2D eigenvalue weighted by Gasteiger charge is -2.15. The summed E-state index contributed by atoms with van der Waals surface area (Å²) in [6.07, 6.45) is -3.73. The van der Waals surface area contributed by atoms with E-state index in [-0.39, 0.29) is 12.2 Å². The molecule has 0 heterocycles. The van der Waals surface area contributed by atoms with Crippen molar-refractivity contribution in [1.29, 1.82) is 0 Å². The lowest BCUT2D eigenvalue weighted by atomic mass is 10.1. The van der Waals surface area contributed by atoms with Gasteiger partial charge in [0.25, 0.3) is 0 Å². The molecule has 0 aliphatic carbocycles. The van der Waals surface area contributed by atoms with E-state index in [9.17, 15) is 14.3 Å². The Morgan fingerprint density at radius 3 is 2.50 bits per heavy atom. The molecule has 2 aromatic carbocycles. The number of aliphatic hydroxyl groups is 1. The highest BCUT2D eigenvalue weighted by molar-refractivity contribution is 5.75. The number of rotatable bonds is 6. The number of aliphatic hydroxyl groups excluding tert-OH is 1. The number of ether oxygens (including phenoxy) is 2. The van der Waals surface area contributed by atoms with E-state index in [2.05, 4.69) is 4.74 Å². The minimum Gasteiger partial charge on any atom is -0.464 e. The van der Waals surface area contributed by atoms with Gasteiger partial charge in [-0.15, -0.1) is 0 Å². The fraction of sp³-hybridized carbons (Fsp3) is 0.235. The van der Waals surface area contributed by atoms with Crippen LogP contribution in [0.25, 0.3) is 0 Å². The van der Waals surface area contributed by atoms with Gasteiger partial charge in [0, 0.05) is 0 Å². The summed E-state index contributed by atoms with van der Waals surface area (Å²) >= 11 is 0. The summed E-state index contributed by atoms with van der Waals surface area (Å²) in [6, 6.07) is 15.4. The van der Waals surface area contributed by atoms with Crippen LogP contribution in [-0.2, 0) is 9.53 Å². The first-order chi connectivity index (χ1) is 10.6. The predicted molar refractivity (Wildman–Crippen MR) is 79.4 cm³/mol. The number of carbonyl (C=O) groups is 1. The molecule has 5 heteroatoms. The standard InChI is InChI=1S/C17H17FO4/c1-2-21-17(20)15(18)16(19)12-7-6-10-14(11-12)22-13-8-4-3-5-9-13/h3-11,15-16,19H,2H2,1H3/t15-,16+/m0/s1. The quantitative estimate of drug-likeness (QED) is 0.831. The number of esters is 1. The normalized spacial score (nSPS) is 13.2. The molecule has 2 atom stereocenters. The van der Waals surface area contributed by atoms with Gasteiger partial charge in [-0.2, -0.15) is 0 Å². The lowest BCUT2D eigenvalue weighted by molar-refractivity contribution is -0.153. The van der Waals surface area contributed by atoms with Crippen molar-refractivity contribution in [2.75, 3.05) is 6.61 Å². The zero-order chi connectivity index (χ0) is 15.9. The molecule has 116 valence electrons. The number of para-hydroxylation sites is 1. The van der Waals surface area contributed by atoms with Crippen molar-refractivity contribution >= 4 is 5.97 Å². The molecule has 0 bridgehead atoms. The molecular formula is C17H17FO4. The van der Waals surface area contributed by atoms with Crippen molar-refractivity contribution in [3.63, 3.8) is 0 Å². The van der Waals surface area contributed by atoms with Crippen LogP contribution in [0.15, 0.2) is 54.6 Å². The van der Waals surface area contributed by atoms with Crippen LogP contribution in [-0.4, -0.2) is 23.9 Å². The topological polar surface area (TPSA) is 55.8 Å². The summed E-state index contributed by atoms with van der Waals surface area (Å²) < 4.78 is 24.0. The van der Waals surface area contributed by atoms with E-state index in [4.69, 9.17) is 4.74 Å². The second-order valence-electron chi connectivity index (χ2n) is 4.59. The Bertz CT molecular complexity index is 615. The molecule has 22 heavy (non-hydrogen) atoms. The van der Waals surface area contributed by atoms with E-state index in [0.29, 0.717) is 11.5 Å². The molecule has 0 spiro atoms. The molecule has 2 rings (SSSR count). The zero-order valence-electron chi connectivity index (χ0n) is 12.1. The van der Waals surface area contributed by atoms with Crippen LogP contribution in [0, 0.1) is 0 Å². The average molecular weight is 304 g/mol. The van der Waals surface area contributed by atoms with Gasteiger partial charge in [-0.05, 0) is 36.8 Å². The number of hydrogen-bond donors (Lipinski definition) is 1. The average Bonchev–Trinajstić information content (AvgIpc) is 2.55. The third-order valence-corrected chi connectivity index (χ3v) is 2.97. The van der Waals surface area contributed by atoms with E-state index in [1.165, 1.54) is 12.1 Å². The van der Waals surface area contributed by atoms with Gasteiger partial charge in [0.15, 0.2) is 0 Å². The molecule has 0 saturated heterocycles. The van der Waals surface area contributed by atoms with Gasteiger partial charge in [-0.1, -0.05) is 30.3 Å². The summed E-state index contributed by atoms with van der Waals surface area (Å²) in [6.45, 7) is 1.63. The van der Waals surface area contributed by atoms with Crippen LogP contribution >= 0.6 is 0 Å². The van der Waals surface area contributed by atoms with Crippen LogP contribution in [0.1, 0.15) is 18.6 Å². The highest BCUT2D eigenvalue weighted by Gasteiger charge is 2.29. The third-order valence-electron chi connectivity index (χ3n) is 2.97. The molecule has 1 N–H and O–H groups in total. The van der Waals surface area contributed by atoms with Gasteiger partial charge in [0.05, 0.1) is 6.61 Å². The summed E-state index contributed by atoms with van der Waals surface area (Å²) in [5.41, 5.74) is 0.244. The predicted octanol–water partition coefficient (Wildman–Crippen LogP) is 3.41. The maximum Gasteiger partial charge on any atom is 0.343 e. The summed E-state index contributed by atoms with van der Waals surface area (Å²) in [4.78, 5) is 11.3. The van der Waals surface area contributed by atoms with Crippen molar-refractivity contribution in [1.82, 2.24) is 0 Å². The van der Waals surface area contributed by atoms with E-state index < -0.39 is 18.2 Å². The smallest absolute Gasteiger partial charge is 0.343 e. The molecule has 0 aliphatic rings. The first-order valence-corrected chi connectivity index (χ1v) is 6.93. The second kappa shape index (κ2) is 7.56. The number of alkyl halides is 1. The van der Waals surface area contributed by atoms with Crippen molar-refractivity contribution in [2.45, 2.75) is 19.2 Å². The van der Waals surface area contributed by atoms with E-state index in [0.717, 1.165) is 0 Å². The molecule has 0 amide bonds. The van der Waals surface area contributed by atoms with Crippen LogP contribution < -0.4 is 4.74 Å². The molecule has 0 fully saturated rings. The Hall–Kier alpha value is -2.40. The van der Waals surface area contributed by atoms with Crippen LogP contribution in [0.2, 0.25) is 0 Å². The SMILES string of the molecule is CCOC(=O)[C@@H](F)[C@H](O)c1cccc(Oc2ccccc2)c1. The molecule has 0 unspecified atom stereocenters. The highest BCUT2D eigenvalue weighted by Crippen LogP contribution is 2.27. The maximum atomic E-state index is 13.9. The summed E-state index contributed by atoms with van der Waals surface area (Å²) in [7, 11) is 0. The maximum absolute atomic E-state index is 13.9. The van der Waals surface area contributed by atoms with E-state index in [1.807, 2.05) is 18.2 Å². The lowest BCUT2D eigenvalue weighted by Crippen LogP contribution is -2.26. The summed E-state index contributed by atoms with van der Waals surface area (Å²) in [5.74, 6) is -0.0143. The van der Waals surface area contributed by atoms with Crippen molar-refractivity contribution in [2.24, 2.45) is 0 Å². The molecule has 4 nitrogen and oxygen atoms in total. The number of benzene rings is 2. The summed E-state index contributed by atoms with van der Waals surface area (Å²) in [5, 5.41) is 9.95. The molecular weight excluding hydrogens is 287 g/mol. The van der Waals surface area contributed by atoms with Crippen LogP contribution in [0.4, 0.5) is 4.39 Å². The Morgan fingerprint density at radius 2 is 1.82 bits per heavy atom. The Labute approximate surface area is 128 Å². The molecule has 0 aromatic heterocycles. The van der Waals surface area contributed by atoms with Gasteiger partial charge < -0.3 is 14.6 Å². The van der Waals surface area contributed by atoms with Gasteiger partial charge in [-0.25, -0.2) is 9.18 Å². The van der Waals surface area contributed by atoms with Gasteiger partial charge in [-0.3, -0.25) is 0 Å². The van der Waals surface area contributed by atoms with Crippen LogP contribution in [0.3, 0.4) is 0 Å². The highest BCUT2D eigenvalue weighted by atomic mass is 19.1. The Balaban J connectivity index is 2.12. The van der Waals surface area contributed by atoms with Gasteiger partial charge in [0.2, 0.25) is 6.17 Å². The van der Waals surface area contributed by atoms with Crippen molar-refractivity contribution in [3.05, 3.63) is 60.2 Å². The van der Waals surface area contributed by atoms with E-state index >= 15 is 0 Å². The number of hydrogen-bond acceptors (Lipinski definition) is 4. The zero-order valence-corrected chi connectivity index (χ0v) is 12.1. The monoisotopic (exact) mass is 304 g/mol. The Morgan fingerprint density at radius 1 is 1.14 bits per heavy atom. The van der Waals surface area contributed by atoms with Crippen LogP contribution in [0.5, 0.6) is 11.5 Å². The first kappa shape index (κ1) is 16.0. The van der Waals surface area contributed by atoms with Crippen molar-refractivity contribution < 1.29 is 23.8 Å². The third kappa shape index (κ3) is 4.05. The minimum absolute atomic E-state index is 0.0587. The molecule has 0 aliphatic heterocycles. The Kier molecular flexibility index (Phi) is 5.49. The first-order valence-electron chi connectivity index (χ1n) is 6.93. The van der Waals surface area contributed by atoms with E-state index in [1.54, 1.807) is 31.2 Å². The largest absolute Gasteiger partial charge is 0.464 e. The minimum atomic E-state index is -2.13. The number of halogens is 1. The molecule has 0 radical (unpaired) electrons.